The molecule has 1 N–H and O–H groups in total. The number of nitrogens with one attached hydrogen (secondary N) is 1. The molecule has 1 unspecified atom stereocenters. The topological polar surface area (TPSA) is 28.2 Å². The van der Waals surface area contributed by atoms with Crippen LogP contribution in [0, 0.1) is 11.8 Å². The van der Waals surface area contributed by atoms with Crippen LogP contribution in [0.15, 0.2) is 33.3 Å². The lowest BCUT2D eigenvalue weighted by Crippen LogP contribution is -2.41. The summed E-state index contributed by atoms with van der Waals surface area (Å²) in [6.07, 6.45) is 9.25. The molecule has 2 saturated heterocycles. The van der Waals surface area contributed by atoms with E-state index in [9.17, 15) is 0 Å². The second kappa shape index (κ2) is 9.19. The Labute approximate surface area is 201 Å². The van der Waals surface area contributed by atoms with E-state index in [0.717, 1.165) is 51.7 Å². The molecule has 1 aromatic carbocycles. The number of nitrogens with zero attached hydrogens (tertiary/aromatic N) is 2. The second-order valence-corrected chi connectivity index (χ2v) is 11.1. The molecule has 160 valence electrons. The van der Waals surface area contributed by atoms with Gasteiger partial charge in [0.2, 0.25) is 0 Å². The van der Waals surface area contributed by atoms with Crippen molar-refractivity contribution >= 4 is 43.5 Å². The van der Waals surface area contributed by atoms with Crippen molar-refractivity contribution in [2.24, 2.45) is 11.8 Å². The van der Waals surface area contributed by atoms with E-state index in [0.29, 0.717) is 0 Å². The van der Waals surface area contributed by atoms with Gasteiger partial charge in [-0.3, -0.25) is 9.88 Å². The summed E-state index contributed by atoms with van der Waals surface area (Å²) in [5, 5.41) is 4.32. The van der Waals surface area contributed by atoms with Crippen molar-refractivity contribution in [3.8, 4) is 0 Å². The Kier molecular flexibility index (Phi) is 6.55. The minimum atomic E-state index is 0.216. The summed E-state index contributed by atoms with van der Waals surface area (Å²) in [6.45, 7) is 4.69. The zero-order valence-corrected chi connectivity index (χ0v) is 21.1. The highest BCUT2D eigenvalue weighted by molar-refractivity contribution is 9.10. The fourth-order valence-corrected chi connectivity index (χ4v) is 6.91. The summed E-state index contributed by atoms with van der Waals surface area (Å²) in [5.41, 5.74) is 5.31. The molecule has 1 atom stereocenters. The maximum Gasteiger partial charge on any atom is 0.0782 e. The number of piperidine rings is 2. The SMILES string of the molecule is Clc1ccc2c(c1Br)CCc1cc(Br)cnc1C2N1CCC(C2CCNCC2)CC1. The van der Waals surface area contributed by atoms with E-state index in [1.807, 2.05) is 12.3 Å². The minimum Gasteiger partial charge on any atom is -0.317 e. The van der Waals surface area contributed by atoms with E-state index in [1.54, 1.807) is 0 Å². The lowest BCUT2D eigenvalue weighted by molar-refractivity contribution is 0.108. The number of likely N-dealkylation sites (tertiary alicyclic amines) is 1. The number of halogens is 3. The van der Waals surface area contributed by atoms with Gasteiger partial charge in [0, 0.05) is 15.1 Å². The van der Waals surface area contributed by atoms with Crippen LogP contribution in [0.25, 0.3) is 0 Å². The summed E-state index contributed by atoms with van der Waals surface area (Å²) in [6, 6.07) is 6.76. The van der Waals surface area contributed by atoms with Crippen molar-refractivity contribution in [3.05, 3.63) is 60.7 Å². The van der Waals surface area contributed by atoms with E-state index >= 15 is 0 Å². The summed E-state index contributed by atoms with van der Waals surface area (Å²) in [5.74, 6) is 1.78. The first-order valence-corrected chi connectivity index (χ1v) is 13.1. The van der Waals surface area contributed by atoms with Gasteiger partial charge in [-0.25, -0.2) is 0 Å². The highest BCUT2D eigenvalue weighted by Crippen LogP contribution is 2.43. The smallest absolute Gasteiger partial charge is 0.0782 e. The number of aryl methyl sites for hydroxylation is 1. The molecule has 30 heavy (non-hydrogen) atoms. The predicted octanol–water partition coefficient (Wildman–Crippen LogP) is 6.16. The zero-order chi connectivity index (χ0) is 20.7. The summed E-state index contributed by atoms with van der Waals surface area (Å²) in [7, 11) is 0. The second-order valence-electron chi connectivity index (χ2n) is 8.99. The highest BCUT2D eigenvalue weighted by Gasteiger charge is 2.35. The summed E-state index contributed by atoms with van der Waals surface area (Å²) in [4.78, 5) is 7.63. The molecule has 1 aliphatic carbocycles. The first-order valence-electron chi connectivity index (χ1n) is 11.2. The predicted molar refractivity (Wildman–Crippen MR) is 130 cm³/mol. The number of aromatic nitrogens is 1. The molecule has 2 aromatic rings. The highest BCUT2D eigenvalue weighted by atomic mass is 79.9. The number of hydrogen-bond acceptors (Lipinski definition) is 3. The number of benzene rings is 1. The third-order valence-corrected chi connectivity index (χ3v) is 9.27. The number of pyridine rings is 1. The van der Waals surface area contributed by atoms with Gasteiger partial charge in [-0.2, -0.15) is 0 Å². The molecule has 0 bridgehead atoms. The van der Waals surface area contributed by atoms with Gasteiger partial charge in [-0.1, -0.05) is 17.7 Å². The molecule has 2 aliphatic heterocycles. The average molecular weight is 554 g/mol. The molecule has 0 spiro atoms. The molecular weight excluding hydrogens is 526 g/mol. The first kappa shape index (κ1) is 21.4. The van der Waals surface area contributed by atoms with E-state index in [-0.39, 0.29) is 6.04 Å². The van der Waals surface area contributed by atoms with Crippen LogP contribution in [-0.4, -0.2) is 36.1 Å². The molecule has 0 saturated carbocycles. The van der Waals surface area contributed by atoms with E-state index in [2.05, 4.69) is 54.2 Å². The molecule has 1 aromatic heterocycles. The standard InChI is InChI=1S/C24H28Br2ClN3/c25-18-13-17-1-2-19-20(3-4-21(27)22(19)26)24(23(17)29-14-18)30-11-7-16(8-12-30)15-5-9-28-10-6-15/h3-4,13-16,24,28H,1-2,5-12H2. The van der Waals surface area contributed by atoms with Gasteiger partial charge in [-0.15, -0.1) is 0 Å². The lowest BCUT2D eigenvalue weighted by atomic mass is 9.78. The van der Waals surface area contributed by atoms with Crippen LogP contribution in [0.3, 0.4) is 0 Å². The molecule has 3 nitrogen and oxygen atoms in total. The minimum absolute atomic E-state index is 0.216. The van der Waals surface area contributed by atoms with Crippen LogP contribution < -0.4 is 5.32 Å². The van der Waals surface area contributed by atoms with Crippen molar-refractivity contribution in [2.75, 3.05) is 26.2 Å². The molecule has 2 fully saturated rings. The van der Waals surface area contributed by atoms with Crippen molar-refractivity contribution in [3.63, 3.8) is 0 Å². The molecule has 0 radical (unpaired) electrons. The third kappa shape index (κ3) is 4.13. The van der Waals surface area contributed by atoms with Gasteiger partial charge in [0.1, 0.15) is 0 Å². The summed E-state index contributed by atoms with van der Waals surface area (Å²) < 4.78 is 2.12. The quantitative estimate of drug-likeness (QED) is 0.483. The van der Waals surface area contributed by atoms with Gasteiger partial charge < -0.3 is 5.32 Å². The van der Waals surface area contributed by atoms with Crippen molar-refractivity contribution in [1.29, 1.82) is 0 Å². The molecule has 6 heteroatoms. The van der Waals surface area contributed by atoms with E-state index in [1.165, 1.54) is 61.2 Å². The Balaban J connectivity index is 1.47. The Bertz CT molecular complexity index is 921. The van der Waals surface area contributed by atoms with Crippen LogP contribution >= 0.6 is 43.5 Å². The Morgan fingerprint density at radius 2 is 1.73 bits per heavy atom. The van der Waals surface area contributed by atoms with E-state index in [4.69, 9.17) is 16.6 Å². The van der Waals surface area contributed by atoms with Gasteiger partial charge in [0.05, 0.1) is 16.8 Å². The molecule has 0 amide bonds. The Morgan fingerprint density at radius 1 is 1.00 bits per heavy atom. The normalized spacial score (nSPS) is 23.6. The fraction of sp³-hybridized carbons (Fsp3) is 0.542. The summed E-state index contributed by atoms with van der Waals surface area (Å²) >= 11 is 13.9. The van der Waals surface area contributed by atoms with Crippen LogP contribution in [-0.2, 0) is 12.8 Å². The van der Waals surface area contributed by atoms with Crippen LogP contribution in [0.2, 0.25) is 5.02 Å². The van der Waals surface area contributed by atoms with Gasteiger partial charge in [0.25, 0.3) is 0 Å². The fourth-order valence-electron chi connectivity index (χ4n) is 5.80. The average Bonchev–Trinajstić information content (AvgIpc) is 2.94. The molecule has 3 heterocycles. The van der Waals surface area contributed by atoms with Crippen LogP contribution in [0.5, 0.6) is 0 Å². The Hall–Kier alpha value is -0.460. The number of hydrogen-bond donors (Lipinski definition) is 1. The van der Waals surface area contributed by atoms with E-state index < -0.39 is 0 Å². The zero-order valence-electron chi connectivity index (χ0n) is 17.1. The lowest BCUT2D eigenvalue weighted by Gasteiger charge is -2.41. The van der Waals surface area contributed by atoms with Gasteiger partial charge in [-0.05, 0) is 137 Å². The number of rotatable bonds is 2. The molecular formula is C24H28Br2ClN3. The van der Waals surface area contributed by atoms with Gasteiger partial charge in [0.15, 0.2) is 0 Å². The number of fused-ring (bicyclic) bond motifs is 2. The maximum absolute atomic E-state index is 6.49. The van der Waals surface area contributed by atoms with Crippen LogP contribution in [0.1, 0.15) is 54.1 Å². The largest absolute Gasteiger partial charge is 0.317 e. The van der Waals surface area contributed by atoms with Crippen LogP contribution in [0.4, 0.5) is 0 Å². The maximum atomic E-state index is 6.49. The Morgan fingerprint density at radius 3 is 2.50 bits per heavy atom. The van der Waals surface area contributed by atoms with Crippen molar-refractivity contribution in [2.45, 2.75) is 44.6 Å². The monoisotopic (exact) mass is 551 g/mol. The van der Waals surface area contributed by atoms with Crippen molar-refractivity contribution < 1.29 is 0 Å². The van der Waals surface area contributed by atoms with Crippen molar-refractivity contribution in [1.82, 2.24) is 15.2 Å². The third-order valence-electron chi connectivity index (χ3n) is 7.39. The molecule has 5 rings (SSSR count). The first-order chi connectivity index (χ1) is 14.6. The van der Waals surface area contributed by atoms with Gasteiger partial charge >= 0.3 is 0 Å². The molecule has 3 aliphatic rings.